The van der Waals surface area contributed by atoms with E-state index < -0.39 is 0 Å². The van der Waals surface area contributed by atoms with E-state index in [0.29, 0.717) is 4.77 Å². The zero-order chi connectivity index (χ0) is 15.1. The van der Waals surface area contributed by atoms with Gasteiger partial charge < -0.3 is 4.98 Å². The van der Waals surface area contributed by atoms with Gasteiger partial charge in [-0.25, -0.2) is 0 Å². The fraction of sp³-hybridized carbons (Fsp3) is 0.625. The zero-order valence-electron chi connectivity index (χ0n) is 12.7. The summed E-state index contributed by atoms with van der Waals surface area (Å²) in [5, 5.41) is 2.69. The Morgan fingerprint density at radius 3 is 2.52 bits per heavy atom. The molecule has 2 aromatic rings. The molecule has 21 heavy (non-hydrogen) atoms. The van der Waals surface area contributed by atoms with Crippen LogP contribution in [0, 0.1) is 4.77 Å². The first kappa shape index (κ1) is 16.4. The van der Waals surface area contributed by atoms with Crippen LogP contribution in [-0.2, 0) is 6.54 Å². The first-order chi connectivity index (χ1) is 10.2. The smallest absolute Gasteiger partial charge is 0.263 e. The van der Waals surface area contributed by atoms with Crippen molar-refractivity contribution in [3.05, 3.63) is 26.6 Å². The van der Waals surface area contributed by atoms with E-state index in [2.05, 4.69) is 11.9 Å². The lowest BCUT2D eigenvalue weighted by molar-refractivity contribution is 0.533. The summed E-state index contributed by atoms with van der Waals surface area (Å²) in [6, 6.07) is 1.87. The summed E-state index contributed by atoms with van der Waals surface area (Å²) < 4.78 is 2.26. The molecule has 0 aliphatic heterocycles. The third-order valence-electron chi connectivity index (χ3n) is 3.84. The van der Waals surface area contributed by atoms with Crippen LogP contribution in [0.2, 0.25) is 0 Å². The molecule has 3 nitrogen and oxygen atoms in total. The summed E-state index contributed by atoms with van der Waals surface area (Å²) >= 11 is 6.83. The van der Waals surface area contributed by atoms with Gasteiger partial charge in [0.2, 0.25) is 0 Å². The van der Waals surface area contributed by atoms with Crippen LogP contribution in [0.3, 0.4) is 0 Å². The van der Waals surface area contributed by atoms with Crippen LogP contribution in [0.4, 0.5) is 0 Å². The molecule has 0 atom stereocenters. The quantitative estimate of drug-likeness (QED) is 0.504. The number of unbranched alkanes of at least 4 members (excludes halogenated alkanes) is 7. The minimum Gasteiger partial charge on any atom is -0.323 e. The molecule has 0 unspecified atom stereocenters. The van der Waals surface area contributed by atoms with Crippen LogP contribution >= 0.6 is 23.6 Å². The molecule has 0 radical (unpaired) electrons. The van der Waals surface area contributed by atoms with E-state index in [9.17, 15) is 4.79 Å². The molecule has 116 valence electrons. The summed E-state index contributed by atoms with van der Waals surface area (Å²) in [5.41, 5.74) is 0.0537. The van der Waals surface area contributed by atoms with Crippen molar-refractivity contribution in [2.24, 2.45) is 0 Å². The van der Waals surface area contributed by atoms with Gasteiger partial charge in [0, 0.05) is 6.54 Å². The number of nitrogens with zero attached hydrogens (tertiary/aromatic N) is 1. The van der Waals surface area contributed by atoms with Gasteiger partial charge in [0.05, 0.1) is 5.39 Å². The van der Waals surface area contributed by atoms with Crippen molar-refractivity contribution in [2.45, 2.75) is 64.8 Å². The van der Waals surface area contributed by atoms with E-state index in [-0.39, 0.29) is 5.56 Å². The summed E-state index contributed by atoms with van der Waals surface area (Å²) in [7, 11) is 0. The second-order valence-electron chi connectivity index (χ2n) is 5.53. The Bertz CT molecular complexity index is 669. The van der Waals surface area contributed by atoms with Gasteiger partial charge in [0.25, 0.3) is 5.56 Å². The maximum Gasteiger partial charge on any atom is 0.263 e. The van der Waals surface area contributed by atoms with Crippen LogP contribution in [0.15, 0.2) is 16.2 Å². The van der Waals surface area contributed by atoms with Gasteiger partial charge in [0.15, 0.2) is 4.77 Å². The van der Waals surface area contributed by atoms with Gasteiger partial charge in [-0.1, -0.05) is 51.9 Å². The largest absolute Gasteiger partial charge is 0.323 e. The second kappa shape index (κ2) is 8.49. The molecule has 1 N–H and O–H groups in total. The number of hydrogen-bond donors (Lipinski definition) is 1. The fourth-order valence-electron chi connectivity index (χ4n) is 2.58. The third kappa shape index (κ3) is 4.51. The summed E-state index contributed by atoms with van der Waals surface area (Å²) in [6.45, 7) is 2.97. The normalized spacial score (nSPS) is 11.3. The highest BCUT2D eigenvalue weighted by Gasteiger charge is 2.05. The lowest BCUT2D eigenvalue weighted by Gasteiger charge is -2.06. The number of H-pyrrole nitrogens is 1. The minimum absolute atomic E-state index is 0.0537. The van der Waals surface area contributed by atoms with Crippen LogP contribution in [0.5, 0.6) is 0 Å². The van der Waals surface area contributed by atoms with E-state index in [0.717, 1.165) is 23.2 Å². The summed E-state index contributed by atoms with van der Waals surface area (Å²) in [5.74, 6) is 0. The molecular formula is C16H24N2OS2. The third-order valence-corrected chi connectivity index (χ3v) is 4.99. The second-order valence-corrected chi connectivity index (χ2v) is 6.83. The van der Waals surface area contributed by atoms with Gasteiger partial charge in [-0.05, 0) is 30.1 Å². The Hall–Kier alpha value is -0.940. The van der Waals surface area contributed by atoms with Crippen molar-refractivity contribution in [1.82, 2.24) is 9.55 Å². The molecule has 0 spiro atoms. The molecule has 2 aromatic heterocycles. The number of fused-ring (bicyclic) bond motifs is 1. The predicted octanol–water partition coefficient (Wildman–Crippen LogP) is 5.26. The van der Waals surface area contributed by atoms with E-state index in [1.807, 2.05) is 11.4 Å². The topological polar surface area (TPSA) is 37.8 Å². The molecule has 5 heteroatoms. The first-order valence-electron chi connectivity index (χ1n) is 7.94. The van der Waals surface area contributed by atoms with Crippen molar-refractivity contribution in [1.29, 1.82) is 0 Å². The molecule has 0 saturated heterocycles. The summed E-state index contributed by atoms with van der Waals surface area (Å²) in [6.07, 6.45) is 10.1. The molecule has 0 aromatic carbocycles. The number of rotatable bonds is 9. The molecule has 0 saturated carbocycles. The van der Waals surface area contributed by atoms with E-state index in [1.165, 1.54) is 56.3 Å². The van der Waals surface area contributed by atoms with Crippen molar-refractivity contribution >= 4 is 33.8 Å². The lowest BCUT2D eigenvalue weighted by Crippen LogP contribution is -2.21. The Balaban J connectivity index is 1.81. The predicted molar refractivity (Wildman–Crippen MR) is 93.9 cm³/mol. The Morgan fingerprint density at radius 2 is 1.81 bits per heavy atom. The monoisotopic (exact) mass is 324 g/mol. The van der Waals surface area contributed by atoms with Crippen molar-refractivity contribution in [3.8, 4) is 0 Å². The minimum atomic E-state index is 0.0537. The average Bonchev–Trinajstić information content (AvgIpc) is 2.93. The standard InChI is InChI=1S/C16H24N2OS2/c1-2-3-4-5-6-7-8-9-11-18-15(19)13-10-12-21-14(13)17-16(18)20/h10,12H,2-9,11H2,1H3,(H,17,20). The number of hydrogen-bond acceptors (Lipinski definition) is 3. The van der Waals surface area contributed by atoms with Gasteiger partial charge >= 0.3 is 0 Å². The van der Waals surface area contributed by atoms with E-state index in [1.54, 1.807) is 4.57 Å². The first-order valence-corrected chi connectivity index (χ1v) is 9.23. The molecule has 2 rings (SSSR count). The molecular weight excluding hydrogens is 300 g/mol. The SMILES string of the molecule is CCCCCCCCCCn1c(=S)[nH]c2sccc2c1=O. The van der Waals surface area contributed by atoms with Gasteiger partial charge in [0.1, 0.15) is 4.83 Å². The van der Waals surface area contributed by atoms with Crippen molar-refractivity contribution in [3.63, 3.8) is 0 Å². The van der Waals surface area contributed by atoms with Gasteiger partial charge in [-0.2, -0.15) is 0 Å². The Labute approximate surface area is 135 Å². The van der Waals surface area contributed by atoms with Crippen LogP contribution < -0.4 is 5.56 Å². The molecule has 0 aliphatic rings. The Morgan fingerprint density at radius 1 is 1.14 bits per heavy atom. The zero-order valence-corrected chi connectivity index (χ0v) is 14.3. The highest BCUT2D eigenvalue weighted by atomic mass is 32.1. The number of aromatic amines is 1. The molecule has 0 amide bonds. The van der Waals surface area contributed by atoms with Crippen LogP contribution in [0.1, 0.15) is 58.3 Å². The lowest BCUT2D eigenvalue weighted by atomic mass is 10.1. The number of aromatic nitrogens is 2. The number of nitrogens with one attached hydrogen (secondary N) is 1. The molecule has 0 bridgehead atoms. The highest BCUT2D eigenvalue weighted by molar-refractivity contribution is 7.71. The van der Waals surface area contributed by atoms with E-state index >= 15 is 0 Å². The van der Waals surface area contributed by atoms with Crippen molar-refractivity contribution in [2.75, 3.05) is 0 Å². The maximum atomic E-state index is 12.3. The molecule has 0 aliphatic carbocycles. The van der Waals surface area contributed by atoms with E-state index in [4.69, 9.17) is 12.2 Å². The van der Waals surface area contributed by atoms with Crippen LogP contribution in [0.25, 0.3) is 10.2 Å². The van der Waals surface area contributed by atoms with Gasteiger partial charge in [-0.15, -0.1) is 11.3 Å². The molecule has 0 fully saturated rings. The molecule has 2 heterocycles. The van der Waals surface area contributed by atoms with Gasteiger partial charge in [-0.3, -0.25) is 9.36 Å². The fourth-order valence-corrected chi connectivity index (χ4v) is 3.70. The maximum absolute atomic E-state index is 12.3. The highest BCUT2D eigenvalue weighted by Crippen LogP contribution is 2.14. The average molecular weight is 325 g/mol. The summed E-state index contributed by atoms with van der Waals surface area (Å²) in [4.78, 5) is 16.4. The number of thiophene rings is 1. The Kier molecular flexibility index (Phi) is 6.64. The van der Waals surface area contributed by atoms with Crippen molar-refractivity contribution < 1.29 is 0 Å². The van der Waals surface area contributed by atoms with Crippen LogP contribution in [-0.4, -0.2) is 9.55 Å².